The number of amides is 2. The largest absolute Gasteiger partial charge is 0.479 e. The molecule has 2 amide bonds. The average Bonchev–Trinajstić information content (AvgIpc) is 2.88. The minimum absolute atomic E-state index is 0.0413. The highest BCUT2D eigenvalue weighted by atomic mass is 16.5. The fourth-order valence-electron chi connectivity index (χ4n) is 3.12. The molecule has 2 N–H and O–H groups in total. The van der Waals surface area contributed by atoms with Crippen molar-refractivity contribution in [2.24, 2.45) is 5.41 Å². The van der Waals surface area contributed by atoms with E-state index in [0.717, 1.165) is 25.7 Å². The highest BCUT2D eigenvalue weighted by Crippen LogP contribution is 2.36. The van der Waals surface area contributed by atoms with Crippen LogP contribution in [0.3, 0.4) is 0 Å². The zero-order chi connectivity index (χ0) is 15.7. The first-order chi connectivity index (χ1) is 9.76. The maximum absolute atomic E-state index is 12.4. The highest BCUT2D eigenvalue weighted by molar-refractivity contribution is 5.86. The molecule has 120 valence electrons. The Hall–Kier alpha value is -1.30. The molecule has 6 nitrogen and oxygen atoms in total. The summed E-state index contributed by atoms with van der Waals surface area (Å²) in [5.74, 6) is -1.02. The summed E-state index contributed by atoms with van der Waals surface area (Å²) in [6.07, 6.45) is 4.42. The second-order valence-corrected chi connectivity index (χ2v) is 7.13. The molecule has 1 saturated carbocycles. The van der Waals surface area contributed by atoms with E-state index in [4.69, 9.17) is 4.74 Å². The molecule has 0 aromatic heterocycles. The number of hydrogen-bond acceptors (Lipinski definition) is 3. The standard InChI is InChI=1S/C15H26N2O4/c1-14(2)6-4-11(5-7-14)17(3)13(20)16-15(12(18)19)8-9-21-10-15/h11H,4-10H2,1-3H3,(H,16,20)(H,18,19). The molecule has 2 aliphatic rings. The van der Waals surface area contributed by atoms with Gasteiger partial charge in [-0.25, -0.2) is 9.59 Å². The molecule has 0 aromatic carbocycles. The highest BCUT2D eigenvalue weighted by Gasteiger charge is 2.45. The zero-order valence-corrected chi connectivity index (χ0v) is 13.1. The first-order valence-corrected chi connectivity index (χ1v) is 7.62. The molecule has 0 spiro atoms. The van der Waals surface area contributed by atoms with E-state index in [9.17, 15) is 14.7 Å². The van der Waals surface area contributed by atoms with E-state index in [1.54, 1.807) is 11.9 Å². The number of nitrogens with zero attached hydrogens (tertiary/aromatic N) is 1. The summed E-state index contributed by atoms with van der Waals surface area (Å²) in [4.78, 5) is 25.5. The Bertz CT molecular complexity index is 406. The number of hydrogen-bond donors (Lipinski definition) is 2. The Morgan fingerprint density at radius 2 is 1.86 bits per heavy atom. The van der Waals surface area contributed by atoms with Crippen molar-refractivity contribution in [1.82, 2.24) is 10.2 Å². The number of nitrogens with one attached hydrogen (secondary N) is 1. The lowest BCUT2D eigenvalue weighted by Gasteiger charge is -2.39. The third-order valence-electron chi connectivity index (χ3n) is 4.95. The lowest BCUT2D eigenvalue weighted by atomic mass is 9.75. The van der Waals surface area contributed by atoms with Crippen LogP contribution in [0.4, 0.5) is 4.79 Å². The number of carbonyl (C=O) groups is 2. The quantitative estimate of drug-likeness (QED) is 0.833. The maximum Gasteiger partial charge on any atom is 0.332 e. The SMILES string of the molecule is CN(C(=O)NC1(C(=O)O)CCOC1)C1CCC(C)(C)CC1. The molecule has 1 aliphatic heterocycles. The Kier molecular flexibility index (Phi) is 4.46. The summed E-state index contributed by atoms with van der Waals surface area (Å²) in [6.45, 7) is 4.91. The van der Waals surface area contributed by atoms with Crippen LogP contribution >= 0.6 is 0 Å². The van der Waals surface area contributed by atoms with Crippen molar-refractivity contribution in [3.8, 4) is 0 Å². The van der Waals surface area contributed by atoms with Crippen LogP contribution in [0.25, 0.3) is 0 Å². The number of rotatable bonds is 3. The normalized spacial score (nSPS) is 29.1. The molecule has 1 aliphatic carbocycles. The third kappa shape index (κ3) is 3.48. The molecule has 0 aromatic rings. The van der Waals surface area contributed by atoms with Crippen molar-refractivity contribution in [1.29, 1.82) is 0 Å². The molecule has 21 heavy (non-hydrogen) atoms. The third-order valence-corrected chi connectivity index (χ3v) is 4.95. The predicted octanol–water partition coefficient (Wildman–Crippen LogP) is 1.84. The molecular formula is C15H26N2O4. The van der Waals surface area contributed by atoms with Gasteiger partial charge in [0.1, 0.15) is 0 Å². The summed E-state index contributed by atoms with van der Waals surface area (Å²) in [5.41, 5.74) is -0.922. The molecule has 6 heteroatoms. The van der Waals surface area contributed by atoms with Crippen molar-refractivity contribution in [2.75, 3.05) is 20.3 Å². The Morgan fingerprint density at radius 1 is 1.24 bits per heavy atom. The molecule has 1 atom stereocenters. The van der Waals surface area contributed by atoms with Crippen molar-refractivity contribution in [2.45, 2.75) is 57.5 Å². The molecule has 0 radical (unpaired) electrons. The Morgan fingerprint density at radius 3 is 2.33 bits per heavy atom. The first kappa shape index (κ1) is 16.1. The minimum atomic E-state index is -1.26. The van der Waals surface area contributed by atoms with Gasteiger partial charge in [0.15, 0.2) is 5.54 Å². The van der Waals surface area contributed by atoms with Crippen LogP contribution in [0.5, 0.6) is 0 Å². The summed E-state index contributed by atoms with van der Waals surface area (Å²) >= 11 is 0. The van der Waals surface area contributed by atoms with E-state index in [2.05, 4.69) is 19.2 Å². The number of urea groups is 1. The van der Waals surface area contributed by atoms with Gasteiger partial charge >= 0.3 is 12.0 Å². The monoisotopic (exact) mass is 298 g/mol. The lowest BCUT2D eigenvalue weighted by molar-refractivity contribution is -0.144. The zero-order valence-electron chi connectivity index (χ0n) is 13.1. The van der Waals surface area contributed by atoms with E-state index >= 15 is 0 Å². The smallest absolute Gasteiger partial charge is 0.332 e. The van der Waals surface area contributed by atoms with Gasteiger partial charge in [-0.3, -0.25) is 0 Å². The number of carbonyl (C=O) groups excluding carboxylic acids is 1. The van der Waals surface area contributed by atoms with Gasteiger partial charge in [-0.2, -0.15) is 0 Å². The van der Waals surface area contributed by atoms with Crippen molar-refractivity contribution in [3.05, 3.63) is 0 Å². The molecule has 1 heterocycles. The number of carboxylic acids is 1. The van der Waals surface area contributed by atoms with Crippen LogP contribution in [-0.4, -0.2) is 53.8 Å². The molecule has 1 saturated heterocycles. The average molecular weight is 298 g/mol. The van der Waals surface area contributed by atoms with Crippen molar-refractivity contribution >= 4 is 12.0 Å². The Balaban J connectivity index is 1.95. The number of aliphatic carboxylic acids is 1. The van der Waals surface area contributed by atoms with Gasteiger partial charge in [0.05, 0.1) is 6.61 Å². The fraction of sp³-hybridized carbons (Fsp3) is 0.867. The molecule has 2 fully saturated rings. The molecule has 2 rings (SSSR count). The lowest BCUT2D eigenvalue weighted by Crippen LogP contribution is -2.59. The topological polar surface area (TPSA) is 78.9 Å². The van der Waals surface area contributed by atoms with Crippen LogP contribution in [0.1, 0.15) is 46.0 Å². The van der Waals surface area contributed by atoms with Gasteiger partial charge < -0.3 is 20.1 Å². The van der Waals surface area contributed by atoms with Gasteiger partial charge in [0.25, 0.3) is 0 Å². The van der Waals surface area contributed by atoms with Crippen molar-refractivity contribution < 1.29 is 19.4 Å². The Labute approximate surface area is 125 Å². The van der Waals surface area contributed by atoms with Crippen LogP contribution in [-0.2, 0) is 9.53 Å². The summed E-state index contributed by atoms with van der Waals surface area (Å²) in [5, 5.41) is 12.0. The second-order valence-electron chi connectivity index (χ2n) is 7.13. The van der Waals surface area contributed by atoms with E-state index in [0.29, 0.717) is 18.4 Å². The fourth-order valence-corrected chi connectivity index (χ4v) is 3.12. The van der Waals surface area contributed by atoms with Crippen molar-refractivity contribution in [3.63, 3.8) is 0 Å². The van der Waals surface area contributed by atoms with Crippen LogP contribution in [0, 0.1) is 5.41 Å². The van der Waals surface area contributed by atoms with E-state index < -0.39 is 11.5 Å². The number of ether oxygens (including phenoxy) is 1. The van der Waals surface area contributed by atoms with E-state index in [1.165, 1.54) is 0 Å². The van der Waals surface area contributed by atoms with Gasteiger partial charge in [-0.1, -0.05) is 13.8 Å². The van der Waals surface area contributed by atoms with Crippen LogP contribution < -0.4 is 5.32 Å². The first-order valence-electron chi connectivity index (χ1n) is 7.62. The van der Waals surface area contributed by atoms with Gasteiger partial charge in [0.2, 0.25) is 0 Å². The van der Waals surface area contributed by atoms with Gasteiger partial charge in [-0.05, 0) is 31.1 Å². The summed E-state index contributed by atoms with van der Waals surface area (Å²) < 4.78 is 5.16. The molecule has 1 unspecified atom stereocenters. The predicted molar refractivity (Wildman–Crippen MR) is 78.1 cm³/mol. The minimum Gasteiger partial charge on any atom is -0.479 e. The molecular weight excluding hydrogens is 272 g/mol. The van der Waals surface area contributed by atoms with Gasteiger partial charge in [-0.15, -0.1) is 0 Å². The molecule has 0 bridgehead atoms. The number of carboxylic acid groups (broad SMARTS) is 1. The van der Waals surface area contributed by atoms with E-state index in [1.807, 2.05) is 0 Å². The maximum atomic E-state index is 12.4. The summed E-state index contributed by atoms with van der Waals surface area (Å²) in [6, 6.07) is -0.126. The summed E-state index contributed by atoms with van der Waals surface area (Å²) in [7, 11) is 1.75. The van der Waals surface area contributed by atoms with Gasteiger partial charge in [0, 0.05) is 26.1 Å². The van der Waals surface area contributed by atoms with Crippen LogP contribution in [0.15, 0.2) is 0 Å². The van der Waals surface area contributed by atoms with Crippen LogP contribution in [0.2, 0.25) is 0 Å². The second kappa shape index (κ2) is 5.83. The van der Waals surface area contributed by atoms with E-state index in [-0.39, 0.29) is 18.7 Å².